The van der Waals surface area contributed by atoms with Crippen molar-refractivity contribution in [2.45, 2.75) is 59.3 Å². The minimum absolute atomic E-state index is 0.0909. The Labute approximate surface area is 217 Å². The normalized spacial score (nSPS) is 18.3. The Bertz CT molecular complexity index is 1130. The predicted molar refractivity (Wildman–Crippen MR) is 144 cm³/mol. The van der Waals surface area contributed by atoms with Crippen molar-refractivity contribution in [2.75, 3.05) is 37.4 Å². The molecule has 2 amide bonds. The minimum atomic E-state index is -0.513. The van der Waals surface area contributed by atoms with Crippen LogP contribution in [0.5, 0.6) is 0 Å². The van der Waals surface area contributed by atoms with Crippen LogP contribution in [0.1, 0.15) is 77.6 Å². The molecule has 1 aromatic carbocycles. The standard InChI is InChI=1S/C28H37N3O4S/c1-28(2,3)18-12-13-20-22(16-18)36-26(30-23(32)17-31-14-8-5-9-15-31)24(20)25(33)29-21-11-7-6-10-19(21)27(34)35-4/h6-7,10-11,18H,5,8-9,12-17H2,1-4H3,(H,29,33)(H,30,32)/t18-/m1/s1. The van der Waals surface area contributed by atoms with E-state index in [1.807, 2.05) is 0 Å². The van der Waals surface area contributed by atoms with Gasteiger partial charge in [-0.2, -0.15) is 0 Å². The molecule has 0 bridgehead atoms. The van der Waals surface area contributed by atoms with Crippen molar-refractivity contribution in [3.63, 3.8) is 0 Å². The van der Waals surface area contributed by atoms with Crippen molar-refractivity contribution in [3.05, 3.63) is 45.8 Å². The average Bonchev–Trinajstić information content (AvgIpc) is 3.20. The molecule has 2 heterocycles. The van der Waals surface area contributed by atoms with Crippen LogP contribution < -0.4 is 10.6 Å². The first kappa shape index (κ1) is 26.4. The zero-order valence-electron chi connectivity index (χ0n) is 21.7. The largest absolute Gasteiger partial charge is 0.465 e. The van der Waals surface area contributed by atoms with E-state index in [0.717, 1.165) is 50.8 Å². The summed E-state index contributed by atoms with van der Waals surface area (Å²) < 4.78 is 4.88. The van der Waals surface area contributed by atoms with Crippen molar-refractivity contribution >= 4 is 39.8 Å². The van der Waals surface area contributed by atoms with Crippen LogP contribution in [0.3, 0.4) is 0 Å². The Morgan fingerprint density at radius 1 is 1.08 bits per heavy atom. The number of para-hydroxylation sites is 1. The molecule has 1 atom stereocenters. The highest BCUT2D eigenvalue weighted by molar-refractivity contribution is 7.17. The first-order chi connectivity index (χ1) is 17.2. The molecule has 36 heavy (non-hydrogen) atoms. The number of rotatable bonds is 6. The second-order valence-corrected chi connectivity index (χ2v) is 12.0. The number of fused-ring (bicyclic) bond motifs is 1. The summed E-state index contributed by atoms with van der Waals surface area (Å²) in [6.07, 6.45) is 6.11. The van der Waals surface area contributed by atoms with E-state index in [0.29, 0.717) is 34.3 Å². The van der Waals surface area contributed by atoms with Crippen LogP contribution in [0.4, 0.5) is 10.7 Å². The number of anilines is 2. The molecule has 1 saturated heterocycles. The molecule has 2 aromatic rings. The van der Waals surface area contributed by atoms with E-state index < -0.39 is 5.97 Å². The number of carbonyl (C=O) groups is 3. The van der Waals surface area contributed by atoms with Crippen LogP contribution in [0, 0.1) is 11.3 Å². The lowest BCUT2D eigenvalue weighted by molar-refractivity contribution is -0.117. The fraction of sp³-hybridized carbons (Fsp3) is 0.536. The molecule has 1 fully saturated rings. The van der Waals surface area contributed by atoms with Crippen LogP contribution in [-0.4, -0.2) is 49.4 Å². The number of hydrogen-bond donors (Lipinski definition) is 2. The maximum absolute atomic E-state index is 13.7. The third-order valence-corrected chi connectivity index (χ3v) is 8.54. The van der Waals surface area contributed by atoms with Gasteiger partial charge in [0.1, 0.15) is 5.00 Å². The highest BCUT2D eigenvalue weighted by atomic mass is 32.1. The highest BCUT2D eigenvalue weighted by Gasteiger charge is 2.34. The number of ether oxygens (including phenoxy) is 1. The molecule has 0 unspecified atom stereocenters. The summed E-state index contributed by atoms with van der Waals surface area (Å²) in [5.74, 6) is -0.406. The predicted octanol–water partition coefficient (Wildman–Crippen LogP) is 5.36. The maximum Gasteiger partial charge on any atom is 0.339 e. The molecule has 194 valence electrons. The van der Waals surface area contributed by atoms with Gasteiger partial charge in [-0.25, -0.2) is 4.79 Å². The molecule has 4 rings (SSSR count). The van der Waals surface area contributed by atoms with Crippen molar-refractivity contribution in [3.8, 4) is 0 Å². The molecule has 2 aliphatic rings. The number of thiophene rings is 1. The number of piperidine rings is 1. The van der Waals surface area contributed by atoms with Crippen molar-refractivity contribution in [1.29, 1.82) is 0 Å². The zero-order chi connectivity index (χ0) is 25.9. The van der Waals surface area contributed by atoms with Crippen LogP contribution >= 0.6 is 11.3 Å². The van der Waals surface area contributed by atoms with Gasteiger partial charge in [-0.05, 0) is 74.2 Å². The molecular formula is C28H37N3O4S. The van der Waals surface area contributed by atoms with Crippen LogP contribution in [0.2, 0.25) is 0 Å². The Morgan fingerprint density at radius 2 is 1.81 bits per heavy atom. The monoisotopic (exact) mass is 511 g/mol. The zero-order valence-corrected chi connectivity index (χ0v) is 22.6. The number of likely N-dealkylation sites (tertiary alicyclic amines) is 1. The summed E-state index contributed by atoms with van der Waals surface area (Å²) in [5, 5.41) is 6.59. The van der Waals surface area contributed by atoms with Gasteiger partial charge in [0.15, 0.2) is 0 Å². The second-order valence-electron chi connectivity index (χ2n) is 10.9. The lowest BCUT2D eigenvalue weighted by atomic mass is 9.72. The van der Waals surface area contributed by atoms with E-state index in [1.165, 1.54) is 29.7 Å². The molecule has 0 spiro atoms. The fourth-order valence-electron chi connectivity index (χ4n) is 5.21. The molecule has 7 nitrogen and oxygen atoms in total. The Kier molecular flexibility index (Phi) is 8.15. The van der Waals surface area contributed by atoms with E-state index in [1.54, 1.807) is 24.3 Å². The fourth-order valence-corrected chi connectivity index (χ4v) is 6.55. The maximum atomic E-state index is 13.7. The molecule has 1 aromatic heterocycles. The smallest absolute Gasteiger partial charge is 0.339 e. The van der Waals surface area contributed by atoms with Crippen LogP contribution in [0.25, 0.3) is 0 Å². The number of amides is 2. The molecular weight excluding hydrogens is 474 g/mol. The third kappa shape index (κ3) is 5.98. The lowest BCUT2D eigenvalue weighted by Crippen LogP contribution is -2.37. The second kappa shape index (κ2) is 11.1. The van der Waals surface area contributed by atoms with Gasteiger partial charge in [-0.3, -0.25) is 14.5 Å². The molecule has 0 saturated carbocycles. The van der Waals surface area contributed by atoms with E-state index in [2.05, 4.69) is 36.3 Å². The summed E-state index contributed by atoms with van der Waals surface area (Å²) in [6.45, 7) is 8.97. The quantitative estimate of drug-likeness (QED) is 0.510. The first-order valence-electron chi connectivity index (χ1n) is 12.8. The first-order valence-corrected chi connectivity index (χ1v) is 13.6. The van der Waals surface area contributed by atoms with Gasteiger partial charge >= 0.3 is 5.97 Å². The van der Waals surface area contributed by atoms with E-state index in [4.69, 9.17) is 4.74 Å². The van der Waals surface area contributed by atoms with Gasteiger partial charge in [0.05, 0.1) is 30.5 Å². The molecule has 0 radical (unpaired) electrons. The van der Waals surface area contributed by atoms with Crippen molar-refractivity contribution < 1.29 is 19.1 Å². The van der Waals surface area contributed by atoms with E-state index >= 15 is 0 Å². The summed E-state index contributed by atoms with van der Waals surface area (Å²) in [5.41, 5.74) is 2.39. The SMILES string of the molecule is COC(=O)c1ccccc1NC(=O)c1c(NC(=O)CN2CCCCC2)sc2c1CC[C@@H](C(C)(C)C)C2. The number of hydrogen-bond acceptors (Lipinski definition) is 6. The molecule has 1 aliphatic carbocycles. The Morgan fingerprint density at radius 3 is 2.50 bits per heavy atom. The van der Waals surface area contributed by atoms with Gasteiger partial charge in [-0.1, -0.05) is 39.3 Å². The number of nitrogens with zero attached hydrogens (tertiary/aromatic N) is 1. The van der Waals surface area contributed by atoms with E-state index in [-0.39, 0.29) is 17.2 Å². The van der Waals surface area contributed by atoms with Gasteiger partial charge < -0.3 is 15.4 Å². The Hall–Kier alpha value is -2.71. The number of esters is 1. The Balaban J connectivity index is 1.62. The number of benzene rings is 1. The van der Waals surface area contributed by atoms with E-state index in [9.17, 15) is 14.4 Å². The van der Waals surface area contributed by atoms with Gasteiger partial charge in [0.25, 0.3) is 5.91 Å². The minimum Gasteiger partial charge on any atom is -0.465 e. The van der Waals surface area contributed by atoms with Crippen molar-refractivity contribution in [1.82, 2.24) is 4.90 Å². The van der Waals surface area contributed by atoms with Gasteiger partial charge in [0, 0.05) is 4.88 Å². The lowest BCUT2D eigenvalue weighted by Gasteiger charge is -2.33. The van der Waals surface area contributed by atoms with Crippen LogP contribution in [-0.2, 0) is 22.4 Å². The number of nitrogens with one attached hydrogen (secondary N) is 2. The number of carbonyl (C=O) groups excluding carboxylic acids is 3. The van der Waals surface area contributed by atoms with Gasteiger partial charge in [0.2, 0.25) is 5.91 Å². The van der Waals surface area contributed by atoms with Gasteiger partial charge in [-0.15, -0.1) is 11.3 Å². The molecule has 2 N–H and O–H groups in total. The highest BCUT2D eigenvalue weighted by Crippen LogP contribution is 2.44. The van der Waals surface area contributed by atoms with Crippen molar-refractivity contribution in [2.24, 2.45) is 11.3 Å². The number of methoxy groups -OCH3 is 1. The van der Waals surface area contributed by atoms with Crippen LogP contribution in [0.15, 0.2) is 24.3 Å². The topological polar surface area (TPSA) is 87.7 Å². The summed E-state index contributed by atoms with van der Waals surface area (Å²) >= 11 is 1.52. The summed E-state index contributed by atoms with van der Waals surface area (Å²) in [7, 11) is 1.32. The molecule has 8 heteroatoms. The molecule has 1 aliphatic heterocycles. The summed E-state index contributed by atoms with van der Waals surface area (Å²) in [4.78, 5) is 42.2. The third-order valence-electron chi connectivity index (χ3n) is 7.37. The summed E-state index contributed by atoms with van der Waals surface area (Å²) in [6, 6.07) is 6.81. The average molecular weight is 512 g/mol.